The van der Waals surface area contributed by atoms with Crippen LogP contribution in [0.25, 0.3) is 0 Å². The first-order chi connectivity index (χ1) is 8.10. The Morgan fingerprint density at radius 3 is 2.76 bits per heavy atom. The largest absolute Gasteiger partial charge is 0.338 e. The van der Waals surface area contributed by atoms with Gasteiger partial charge in [0.05, 0.1) is 9.80 Å². The Kier molecular flexibility index (Phi) is 5.57. The molecule has 0 spiro atoms. The minimum Gasteiger partial charge on any atom is -0.338 e. The van der Waals surface area contributed by atoms with Crippen molar-refractivity contribution in [3.8, 4) is 0 Å². The number of nitro groups is 1. The van der Waals surface area contributed by atoms with Crippen LogP contribution in [0.15, 0.2) is 12.1 Å². The molecule has 0 radical (unpaired) electrons. The second-order valence-corrected chi connectivity index (χ2v) is 5.18. The molecule has 0 N–H and O–H groups in total. The van der Waals surface area contributed by atoms with Crippen LogP contribution in [0, 0.1) is 10.1 Å². The normalized spacial score (nSPS) is 10.2. The first kappa shape index (κ1) is 14.1. The Morgan fingerprint density at radius 1 is 1.59 bits per heavy atom. The van der Waals surface area contributed by atoms with Gasteiger partial charge in [0.1, 0.15) is 0 Å². The van der Waals surface area contributed by atoms with Crippen LogP contribution in [0.5, 0.6) is 0 Å². The number of hydrogen-bond acceptors (Lipinski definition) is 4. The summed E-state index contributed by atoms with van der Waals surface area (Å²) < 4.78 is 0. The molecule has 0 saturated heterocycles. The fourth-order valence-electron chi connectivity index (χ4n) is 1.35. The summed E-state index contributed by atoms with van der Waals surface area (Å²) in [6, 6.07) is 2.89. The fourth-order valence-corrected chi connectivity index (χ4v) is 2.39. The van der Waals surface area contributed by atoms with E-state index < -0.39 is 4.92 Å². The van der Waals surface area contributed by atoms with Gasteiger partial charge in [-0.2, -0.15) is 0 Å². The Bertz CT molecular complexity index is 408. The van der Waals surface area contributed by atoms with Gasteiger partial charge in [-0.3, -0.25) is 14.9 Å². The molecule has 1 aromatic rings. The van der Waals surface area contributed by atoms with Gasteiger partial charge in [0.2, 0.25) is 0 Å². The average Bonchev–Trinajstić information content (AvgIpc) is 2.79. The maximum absolute atomic E-state index is 12.0. The highest BCUT2D eigenvalue weighted by molar-refractivity contribution is 9.09. The summed E-state index contributed by atoms with van der Waals surface area (Å²) in [6.07, 6.45) is 0.868. The van der Waals surface area contributed by atoms with E-state index in [1.165, 1.54) is 12.1 Å². The summed E-state index contributed by atoms with van der Waals surface area (Å²) >= 11 is 4.24. The third-order valence-corrected chi connectivity index (χ3v) is 3.80. The van der Waals surface area contributed by atoms with Crippen LogP contribution in [0.2, 0.25) is 0 Å². The van der Waals surface area contributed by atoms with Crippen molar-refractivity contribution in [1.82, 2.24) is 4.90 Å². The van der Waals surface area contributed by atoms with Gasteiger partial charge in [-0.15, -0.1) is 0 Å². The average molecular weight is 321 g/mol. The summed E-state index contributed by atoms with van der Waals surface area (Å²) in [5, 5.41) is 11.4. The van der Waals surface area contributed by atoms with Gasteiger partial charge in [-0.1, -0.05) is 27.3 Å². The molecule has 7 heteroatoms. The Morgan fingerprint density at radius 2 is 2.29 bits per heavy atom. The molecule has 17 heavy (non-hydrogen) atoms. The fraction of sp³-hybridized carbons (Fsp3) is 0.500. The highest BCUT2D eigenvalue weighted by Gasteiger charge is 2.19. The smallest absolute Gasteiger partial charge is 0.324 e. The van der Waals surface area contributed by atoms with Crippen molar-refractivity contribution in [2.75, 3.05) is 18.4 Å². The molecule has 0 bridgehead atoms. The van der Waals surface area contributed by atoms with E-state index in [4.69, 9.17) is 0 Å². The van der Waals surface area contributed by atoms with E-state index >= 15 is 0 Å². The lowest BCUT2D eigenvalue weighted by atomic mass is 10.3. The van der Waals surface area contributed by atoms with Gasteiger partial charge in [-0.05, 0) is 19.4 Å². The summed E-state index contributed by atoms with van der Waals surface area (Å²) in [5.74, 6) is -0.133. The molecule has 0 atom stereocenters. The summed E-state index contributed by atoms with van der Waals surface area (Å²) in [7, 11) is 0. The molecule has 0 aliphatic carbocycles. The molecule has 0 aliphatic rings. The predicted molar refractivity (Wildman–Crippen MR) is 71.0 cm³/mol. The van der Waals surface area contributed by atoms with Gasteiger partial charge in [0.25, 0.3) is 5.91 Å². The molecular formula is C10H13BrN2O3S. The number of thiophene rings is 1. The number of alkyl halides is 1. The molecule has 0 unspecified atom stereocenters. The topological polar surface area (TPSA) is 63.5 Å². The van der Waals surface area contributed by atoms with Crippen LogP contribution >= 0.6 is 27.3 Å². The minimum absolute atomic E-state index is 0.00453. The van der Waals surface area contributed by atoms with E-state index in [-0.39, 0.29) is 10.9 Å². The van der Waals surface area contributed by atoms with Crippen molar-refractivity contribution in [2.24, 2.45) is 0 Å². The molecule has 1 heterocycles. The maximum Gasteiger partial charge on any atom is 0.324 e. The highest BCUT2D eigenvalue weighted by Crippen LogP contribution is 2.25. The molecule has 0 aromatic carbocycles. The molecule has 0 fully saturated rings. The molecule has 1 amide bonds. The van der Waals surface area contributed by atoms with Gasteiger partial charge in [0, 0.05) is 24.5 Å². The third kappa shape index (κ3) is 3.78. The highest BCUT2D eigenvalue weighted by atomic mass is 79.9. The second-order valence-electron chi connectivity index (χ2n) is 3.32. The van der Waals surface area contributed by atoms with Crippen molar-refractivity contribution in [3.05, 3.63) is 27.1 Å². The van der Waals surface area contributed by atoms with E-state index in [1.54, 1.807) is 4.90 Å². The lowest BCUT2D eigenvalue weighted by Gasteiger charge is -2.19. The van der Waals surface area contributed by atoms with Crippen LogP contribution in [0.4, 0.5) is 5.00 Å². The van der Waals surface area contributed by atoms with E-state index in [9.17, 15) is 14.9 Å². The maximum atomic E-state index is 12.0. The molecule has 94 valence electrons. The molecule has 1 rings (SSSR count). The van der Waals surface area contributed by atoms with Crippen molar-refractivity contribution in [3.63, 3.8) is 0 Å². The SMILES string of the molecule is CCN(CCCBr)C(=O)c1ccc([N+](=O)[O-])s1. The Hall–Kier alpha value is -0.950. The van der Waals surface area contributed by atoms with Crippen molar-refractivity contribution in [2.45, 2.75) is 13.3 Å². The molecular weight excluding hydrogens is 308 g/mol. The molecule has 0 aliphatic heterocycles. The van der Waals surface area contributed by atoms with E-state index in [1.807, 2.05) is 6.92 Å². The first-order valence-corrected chi connectivity index (χ1v) is 7.13. The van der Waals surface area contributed by atoms with Crippen LogP contribution in [0.3, 0.4) is 0 Å². The van der Waals surface area contributed by atoms with Gasteiger partial charge in [0.15, 0.2) is 0 Å². The number of carbonyl (C=O) groups is 1. The molecule has 1 aromatic heterocycles. The van der Waals surface area contributed by atoms with E-state index in [2.05, 4.69) is 15.9 Å². The zero-order valence-electron chi connectivity index (χ0n) is 9.39. The summed E-state index contributed by atoms with van der Waals surface area (Å²) in [4.78, 5) is 24.2. The lowest BCUT2D eigenvalue weighted by molar-refractivity contribution is -0.380. The third-order valence-electron chi connectivity index (χ3n) is 2.21. The van der Waals surface area contributed by atoms with Crippen LogP contribution in [-0.4, -0.2) is 34.2 Å². The number of hydrogen-bond donors (Lipinski definition) is 0. The summed E-state index contributed by atoms with van der Waals surface area (Å²) in [6.45, 7) is 3.16. The Labute approximate surface area is 112 Å². The van der Waals surface area contributed by atoms with Crippen LogP contribution < -0.4 is 0 Å². The Balaban J connectivity index is 2.75. The van der Waals surface area contributed by atoms with Crippen molar-refractivity contribution < 1.29 is 9.72 Å². The van der Waals surface area contributed by atoms with Crippen molar-refractivity contribution >= 4 is 38.2 Å². The van der Waals surface area contributed by atoms with E-state index in [0.717, 1.165) is 23.1 Å². The number of halogens is 1. The zero-order chi connectivity index (χ0) is 12.8. The molecule has 0 saturated carbocycles. The lowest BCUT2D eigenvalue weighted by Crippen LogP contribution is -2.31. The minimum atomic E-state index is -0.476. The monoisotopic (exact) mass is 320 g/mol. The summed E-state index contributed by atoms with van der Waals surface area (Å²) in [5.41, 5.74) is 0. The quantitative estimate of drug-likeness (QED) is 0.460. The van der Waals surface area contributed by atoms with Crippen LogP contribution in [-0.2, 0) is 0 Å². The number of carbonyl (C=O) groups excluding carboxylic acids is 1. The van der Waals surface area contributed by atoms with Crippen LogP contribution in [0.1, 0.15) is 23.0 Å². The predicted octanol–water partition coefficient (Wildman–Crippen LogP) is 2.90. The first-order valence-electron chi connectivity index (χ1n) is 5.19. The van der Waals surface area contributed by atoms with Gasteiger partial charge in [-0.25, -0.2) is 0 Å². The van der Waals surface area contributed by atoms with Gasteiger partial charge >= 0.3 is 5.00 Å². The number of rotatable bonds is 6. The zero-order valence-corrected chi connectivity index (χ0v) is 11.8. The standard InChI is InChI=1S/C10H13BrN2O3S/c1-2-12(7-3-6-11)10(14)8-4-5-9(17-8)13(15)16/h4-5H,2-3,6-7H2,1H3. The van der Waals surface area contributed by atoms with E-state index in [0.29, 0.717) is 18.0 Å². The molecule has 5 nitrogen and oxygen atoms in total. The number of amides is 1. The second kappa shape index (κ2) is 6.70. The van der Waals surface area contributed by atoms with Gasteiger partial charge < -0.3 is 4.90 Å². The number of nitrogens with zero attached hydrogens (tertiary/aromatic N) is 2. The van der Waals surface area contributed by atoms with Crippen molar-refractivity contribution in [1.29, 1.82) is 0 Å².